The van der Waals surface area contributed by atoms with Crippen molar-refractivity contribution in [1.29, 1.82) is 5.26 Å². The Morgan fingerprint density at radius 1 is 1.15 bits per heavy atom. The number of carbonyl (C=O) groups is 1. The van der Waals surface area contributed by atoms with Gasteiger partial charge in [0.05, 0.1) is 17.3 Å². The third-order valence-electron chi connectivity index (χ3n) is 3.34. The lowest BCUT2D eigenvalue weighted by Gasteiger charge is -2.15. The van der Waals surface area contributed by atoms with Crippen molar-refractivity contribution in [3.63, 3.8) is 0 Å². The Labute approximate surface area is 153 Å². The fraction of sp³-hybridized carbons (Fsp3) is 0.222. The number of nitrogens with zero attached hydrogens (tertiary/aromatic N) is 1. The van der Waals surface area contributed by atoms with Crippen LogP contribution in [0.2, 0.25) is 0 Å². The first-order chi connectivity index (χ1) is 12.2. The van der Waals surface area contributed by atoms with Gasteiger partial charge in [0.25, 0.3) is 10.0 Å². The Bertz CT molecular complexity index is 963. The number of urea groups is 1. The summed E-state index contributed by atoms with van der Waals surface area (Å²) in [6.45, 7) is 5.35. The summed E-state index contributed by atoms with van der Waals surface area (Å²) >= 11 is 0. The number of amides is 2. The molecule has 0 heterocycles. The Morgan fingerprint density at radius 2 is 1.88 bits per heavy atom. The first-order valence-corrected chi connectivity index (χ1v) is 9.41. The van der Waals surface area contributed by atoms with Gasteiger partial charge in [-0.25, -0.2) is 17.9 Å². The number of rotatable bonds is 5. The Balaban J connectivity index is 2.42. The summed E-state index contributed by atoms with van der Waals surface area (Å²) in [7, 11) is -4.17. The highest BCUT2D eigenvalue weighted by atomic mass is 32.2. The molecule has 0 aliphatic carbocycles. The smallest absolute Gasteiger partial charge is 0.328 e. The van der Waals surface area contributed by atoms with Gasteiger partial charge in [-0.15, -0.1) is 0 Å². The number of anilines is 2. The molecule has 0 aliphatic heterocycles. The van der Waals surface area contributed by atoms with E-state index in [0.29, 0.717) is 5.69 Å². The molecule has 2 aromatic rings. The van der Waals surface area contributed by atoms with Crippen molar-refractivity contribution in [3.05, 3.63) is 53.6 Å². The molecular weight excluding hydrogens is 352 g/mol. The fourth-order valence-electron chi connectivity index (χ4n) is 2.26. The second-order valence-corrected chi connectivity index (χ2v) is 7.70. The van der Waals surface area contributed by atoms with E-state index in [1.807, 2.05) is 35.9 Å². The zero-order chi connectivity index (χ0) is 19.3. The lowest BCUT2D eigenvalue weighted by atomic mass is 10.2. The van der Waals surface area contributed by atoms with Gasteiger partial charge < -0.3 is 10.6 Å². The van der Waals surface area contributed by atoms with Crippen molar-refractivity contribution in [3.8, 4) is 6.07 Å². The van der Waals surface area contributed by atoms with E-state index in [4.69, 9.17) is 5.26 Å². The average Bonchev–Trinajstić information content (AvgIpc) is 2.53. The van der Waals surface area contributed by atoms with Crippen molar-refractivity contribution in [2.75, 3.05) is 5.32 Å². The van der Waals surface area contributed by atoms with Crippen molar-refractivity contribution >= 4 is 27.4 Å². The molecule has 2 aromatic carbocycles. The van der Waals surface area contributed by atoms with Crippen LogP contribution in [0.1, 0.15) is 25.0 Å². The zero-order valence-electron chi connectivity index (χ0n) is 14.7. The molecule has 2 rings (SSSR count). The minimum Gasteiger partial charge on any atom is -0.354 e. The summed E-state index contributed by atoms with van der Waals surface area (Å²) in [4.78, 5) is 11.6. The van der Waals surface area contributed by atoms with E-state index in [2.05, 4.69) is 10.6 Å². The molecule has 0 radical (unpaired) electrons. The molecule has 26 heavy (non-hydrogen) atoms. The molecule has 0 bridgehead atoms. The molecule has 0 spiro atoms. The van der Waals surface area contributed by atoms with Crippen LogP contribution in [0.5, 0.6) is 0 Å². The molecule has 0 aliphatic rings. The highest BCUT2D eigenvalue weighted by Gasteiger charge is 2.22. The number of carbonyl (C=O) groups excluding carboxylic acids is 1. The van der Waals surface area contributed by atoms with Gasteiger partial charge in [0, 0.05) is 11.7 Å². The predicted octanol–water partition coefficient (Wildman–Crippen LogP) is 3.01. The third-order valence-corrected chi connectivity index (χ3v) is 4.72. The van der Waals surface area contributed by atoms with Crippen LogP contribution >= 0.6 is 0 Å². The molecule has 2 amide bonds. The molecule has 136 valence electrons. The standard InChI is InChI=1S/C18H20N4O3S/c1-12(2)20-18(23)22-26(24,25)17-10-14(11-19)7-8-16(17)21-15-6-4-5-13(3)9-15/h4-10,12,21H,1-3H3,(H2,20,22,23). The van der Waals surface area contributed by atoms with Gasteiger partial charge in [-0.3, -0.25) is 0 Å². The Hall–Kier alpha value is -3.05. The average molecular weight is 372 g/mol. The van der Waals surface area contributed by atoms with Crippen LogP contribution in [0.3, 0.4) is 0 Å². The van der Waals surface area contributed by atoms with Crippen LogP contribution in [0.25, 0.3) is 0 Å². The fourth-order valence-corrected chi connectivity index (χ4v) is 3.37. The zero-order valence-corrected chi connectivity index (χ0v) is 15.5. The van der Waals surface area contributed by atoms with Crippen LogP contribution in [-0.4, -0.2) is 20.5 Å². The number of nitriles is 1. The Kier molecular flexibility index (Phi) is 5.85. The highest BCUT2D eigenvalue weighted by molar-refractivity contribution is 7.90. The first kappa shape index (κ1) is 19.3. The third kappa shape index (κ3) is 4.97. The van der Waals surface area contributed by atoms with Gasteiger partial charge >= 0.3 is 6.03 Å². The molecule has 0 saturated carbocycles. The van der Waals surface area contributed by atoms with Crippen LogP contribution in [0.4, 0.5) is 16.2 Å². The second-order valence-electron chi connectivity index (χ2n) is 6.05. The van der Waals surface area contributed by atoms with E-state index in [-0.39, 0.29) is 22.2 Å². The van der Waals surface area contributed by atoms with Crippen molar-refractivity contribution in [2.45, 2.75) is 31.7 Å². The topological polar surface area (TPSA) is 111 Å². The summed E-state index contributed by atoms with van der Waals surface area (Å²) in [6.07, 6.45) is 0. The highest BCUT2D eigenvalue weighted by Crippen LogP contribution is 2.26. The number of sulfonamides is 1. The van der Waals surface area contributed by atoms with E-state index in [1.165, 1.54) is 18.2 Å². The molecule has 7 nitrogen and oxygen atoms in total. The molecule has 0 aromatic heterocycles. The Morgan fingerprint density at radius 3 is 2.50 bits per heavy atom. The molecule has 3 N–H and O–H groups in total. The lowest BCUT2D eigenvalue weighted by molar-refractivity contribution is 0.243. The van der Waals surface area contributed by atoms with Crippen LogP contribution in [0, 0.1) is 18.3 Å². The number of hydrogen-bond donors (Lipinski definition) is 3. The maximum Gasteiger partial charge on any atom is 0.328 e. The van der Waals surface area contributed by atoms with Crippen LogP contribution in [-0.2, 0) is 10.0 Å². The van der Waals surface area contributed by atoms with Crippen molar-refractivity contribution < 1.29 is 13.2 Å². The van der Waals surface area contributed by atoms with Crippen LogP contribution < -0.4 is 15.4 Å². The molecule has 0 atom stereocenters. The maximum atomic E-state index is 12.6. The van der Waals surface area contributed by atoms with Gasteiger partial charge in [0.2, 0.25) is 0 Å². The minimum absolute atomic E-state index is 0.171. The molecule has 0 saturated heterocycles. The summed E-state index contributed by atoms with van der Waals surface area (Å²) in [5.74, 6) is 0. The minimum atomic E-state index is -4.17. The predicted molar refractivity (Wildman–Crippen MR) is 99.6 cm³/mol. The summed E-state index contributed by atoms with van der Waals surface area (Å²) < 4.78 is 27.3. The molecule has 8 heteroatoms. The SMILES string of the molecule is Cc1cccc(Nc2ccc(C#N)cc2S(=O)(=O)NC(=O)NC(C)C)c1. The van der Waals surface area contributed by atoms with Gasteiger partial charge in [0.15, 0.2) is 0 Å². The largest absolute Gasteiger partial charge is 0.354 e. The number of nitrogens with one attached hydrogen (secondary N) is 3. The number of hydrogen-bond acceptors (Lipinski definition) is 5. The quantitative estimate of drug-likeness (QED) is 0.747. The molecular formula is C18H20N4O3S. The van der Waals surface area contributed by atoms with Gasteiger partial charge in [0.1, 0.15) is 4.90 Å². The lowest BCUT2D eigenvalue weighted by Crippen LogP contribution is -2.42. The van der Waals surface area contributed by atoms with Gasteiger partial charge in [-0.1, -0.05) is 12.1 Å². The number of aryl methyl sites for hydroxylation is 1. The summed E-state index contributed by atoms with van der Waals surface area (Å²) in [5.41, 5.74) is 2.13. The van der Waals surface area contributed by atoms with E-state index in [0.717, 1.165) is 5.56 Å². The van der Waals surface area contributed by atoms with Crippen LogP contribution in [0.15, 0.2) is 47.4 Å². The summed E-state index contributed by atoms with van der Waals surface area (Å²) in [6, 6.07) is 12.5. The van der Waals surface area contributed by atoms with Gasteiger partial charge in [-0.05, 0) is 56.7 Å². The van der Waals surface area contributed by atoms with E-state index in [1.54, 1.807) is 19.9 Å². The first-order valence-electron chi connectivity index (χ1n) is 7.92. The van der Waals surface area contributed by atoms with E-state index in [9.17, 15) is 13.2 Å². The normalized spacial score (nSPS) is 10.9. The monoisotopic (exact) mass is 372 g/mol. The molecule has 0 unspecified atom stereocenters. The van der Waals surface area contributed by atoms with Gasteiger partial charge in [-0.2, -0.15) is 5.26 Å². The van der Waals surface area contributed by atoms with E-state index >= 15 is 0 Å². The van der Waals surface area contributed by atoms with Crippen molar-refractivity contribution in [2.24, 2.45) is 0 Å². The summed E-state index contributed by atoms with van der Waals surface area (Å²) in [5, 5.41) is 14.6. The maximum absolute atomic E-state index is 12.6. The van der Waals surface area contributed by atoms with E-state index < -0.39 is 16.1 Å². The number of benzene rings is 2. The van der Waals surface area contributed by atoms with Crippen molar-refractivity contribution in [1.82, 2.24) is 10.0 Å². The second kappa shape index (κ2) is 7.89. The molecule has 0 fully saturated rings.